The van der Waals surface area contributed by atoms with Gasteiger partial charge in [0.25, 0.3) is 11.6 Å². The number of nitro benzene ring substituents is 1. The fourth-order valence-corrected chi connectivity index (χ4v) is 2.42. The van der Waals surface area contributed by atoms with E-state index in [0.29, 0.717) is 30.3 Å². The van der Waals surface area contributed by atoms with E-state index in [0.717, 1.165) is 12.8 Å². The van der Waals surface area contributed by atoms with E-state index in [1.54, 1.807) is 18.0 Å². The predicted octanol–water partition coefficient (Wildman–Crippen LogP) is 2.51. The molecule has 0 unspecified atom stereocenters. The summed E-state index contributed by atoms with van der Waals surface area (Å²) in [5.74, 6) is 0.498. The van der Waals surface area contributed by atoms with Crippen LogP contribution in [0, 0.1) is 16.0 Å². The molecule has 1 fully saturated rings. The molecule has 20 heavy (non-hydrogen) atoms. The first-order valence-electron chi connectivity index (χ1n) is 6.78. The zero-order chi connectivity index (χ0) is 14.7. The minimum Gasteiger partial charge on any atom is -0.387 e. The Kier molecular flexibility index (Phi) is 4.22. The van der Waals surface area contributed by atoms with Crippen molar-refractivity contribution in [2.75, 3.05) is 25.5 Å². The molecule has 0 spiro atoms. The van der Waals surface area contributed by atoms with Crippen molar-refractivity contribution in [3.05, 3.63) is 33.9 Å². The average molecular weight is 277 g/mol. The molecule has 108 valence electrons. The summed E-state index contributed by atoms with van der Waals surface area (Å²) >= 11 is 0. The van der Waals surface area contributed by atoms with Gasteiger partial charge in [0.2, 0.25) is 0 Å². The molecule has 0 saturated carbocycles. The minimum atomic E-state index is -0.478. The van der Waals surface area contributed by atoms with Crippen LogP contribution in [0.2, 0.25) is 0 Å². The van der Waals surface area contributed by atoms with E-state index in [1.165, 1.54) is 12.1 Å². The number of nitrogens with zero attached hydrogens (tertiary/aromatic N) is 2. The molecule has 0 bridgehead atoms. The number of amides is 1. The van der Waals surface area contributed by atoms with Crippen LogP contribution < -0.4 is 5.32 Å². The molecular formula is C14H19N3O3. The number of non-ortho nitro benzene ring substituents is 1. The first-order valence-corrected chi connectivity index (χ1v) is 6.78. The summed E-state index contributed by atoms with van der Waals surface area (Å²) in [5, 5.41) is 13.8. The topological polar surface area (TPSA) is 75.5 Å². The van der Waals surface area contributed by atoms with Crippen LogP contribution in [0.25, 0.3) is 0 Å². The molecule has 1 saturated heterocycles. The lowest BCUT2D eigenvalue weighted by atomic mass is 9.98. The second-order valence-electron chi connectivity index (χ2n) is 5.21. The first kappa shape index (κ1) is 14.3. The highest BCUT2D eigenvalue weighted by atomic mass is 16.6. The zero-order valence-electron chi connectivity index (χ0n) is 11.8. The molecule has 0 aliphatic carbocycles. The minimum absolute atomic E-state index is 0.0577. The van der Waals surface area contributed by atoms with Crippen molar-refractivity contribution in [2.24, 2.45) is 5.92 Å². The van der Waals surface area contributed by atoms with Gasteiger partial charge in [0.05, 0.1) is 10.5 Å². The van der Waals surface area contributed by atoms with Crippen LogP contribution in [0.4, 0.5) is 11.4 Å². The van der Waals surface area contributed by atoms with Crippen LogP contribution in [-0.2, 0) is 0 Å². The summed E-state index contributed by atoms with van der Waals surface area (Å²) < 4.78 is 0. The third-order valence-corrected chi connectivity index (χ3v) is 3.78. The summed E-state index contributed by atoms with van der Waals surface area (Å²) in [7, 11) is 1.70. The number of carbonyl (C=O) groups is 1. The lowest BCUT2D eigenvalue weighted by molar-refractivity contribution is -0.384. The van der Waals surface area contributed by atoms with Crippen molar-refractivity contribution in [1.29, 1.82) is 0 Å². The van der Waals surface area contributed by atoms with Crippen molar-refractivity contribution in [2.45, 2.75) is 19.8 Å². The van der Waals surface area contributed by atoms with E-state index in [-0.39, 0.29) is 11.6 Å². The molecule has 0 aromatic heterocycles. The molecule has 1 N–H and O–H groups in total. The molecular weight excluding hydrogens is 258 g/mol. The SMILES string of the molecule is CNc1ccc([N+](=O)[O-])cc1C(=O)N1CCC(C)CC1. The second kappa shape index (κ2) is 5.90. The van der Waals surface area contributed by atoms with Gasteiger partial charge in [-0.3, -0.25) is 14.9 Å². The monoisotopic (exact) mass is 277 g/mol. The van der Waals surface area contributed by atoms with Crippen LogP contribution in [0.3, 0.4) is 0 Å². The molecule has 0 radical (unpaired) electrons. The van der Waals surface area contributed by atoms with Gasteiger partial charge >= 0.3 is 0 Å². The van der Waals surface area contributed by atoms with Crippen molar-refractivity contribution in [3.63, 3.8) is 0 Å². The number of nitro groups is 1. The first-order chi connectivity index (χ1) is 9.52. The fourth-order valence-electron chi connectivity index (χ4n) is 2.42. The van der Waals surface area contributed by atoms with Gasteiger partial charge in [-0.25, -0.2) is 0 Å². The molecule has 1 aliphatic heterocycles. The van der Waals surface area contributed by atoms with Crippen molar-refractivity contribution < 1.29 is 9.72 Å². The lowest BCUT2D eigenvalue weighted by Crippen LogP contribution is -2.38. The molecule has 1 aromatic rings. The zero-order valence-corrected chi connectivity index (χ0v) is 11.8. The van der Waals surface area contributed by atoms with Gasteiger partial charge in [-0.2, -0.15) is 0 Å². The van der Waals surface area contributed by atoms with Gasteiger partial charge in [0.1, 0.15) is 0 Å². The molecule has 1 aliphatic rings. The number of piperidine rings is 1. The standard InChI is InChI=1S/C14H19N3O3/c1-10-5-7-16(8-6-10)14(18)12-9-11(17(19)20)3-4-13(12)15-2/h3-4,9-10,15H,5-8H2,1-2H3. The number of carbonyl (C=O) groups excluding carboxylic acids is 1. The highest BCUT2D eigenvalue weighted by Gasteiger charge is 2.24. The highest BCUT2D eigenvalue weighted by molar-refractivity contribution is 6.00. The van der Waals surface area contributed by atoms with Crippen molar-refractivity contribution in [1.82, 2.24) is 4.90 Å². The normalized spacial score (nSPS) is 16.0. The Balaban J connectivity index is 2.27. The van der Waals surface area contributed by atoms with Gasteiger partial charge in [-0.15, -0.1) is 0 Å². The lowest BCUT2D eigenvalue weighted by Gasteiger charge is -2.30. The quantitative estimate of drug-likeness (QED) is 0.680. The van der Waals surface area contributed by atoms with Crippen molar-refractivity contribution in [3.8, 4) is 0 Å². The number of benzene rings is 1. The number of hydrogen-bond acceptors (Lipinski definition) is 4. The van der Waals surface area contributed by atoms with Crippen LogP contribution in [0.1, 0.15) is 30.1 Å². The summed E-state index contributed by atoms with van der Waals surface area (Å²) in [6, 6.07) is 4.34. The van der Waals surface area contributed by atoms with Gasteiger partial charge < -0.3 is 10.2 Å². The Morgan fingerprint density at radius 2 is 2.05 bits per heavy atom. The highest BCUT2D eigenvalue weighted by Crippen LogP contribution is 2.25. The van der Waals surface area contributed by atoms with Gasteiger partial charge in [0.15, 0.2) is 0 Å². The van der Waals surface area contributed by atoms with E-state index in [4.69, 9.17) is 0 Å². The summed E-state index contributed by atoms with van der Waals surface area (Å²) in [5.41, 5.74) is 0.938. The number of anilines is 1. The number of nitrogens with one attached hydrogen (secondary N) is 1. The number of rotatable bonds is 3. The molecule has 6 nitrogen and oxygen atoms in total. The molecule has 1 heterocycles. The Morgan fingerprint density at radius 1 is 1.40 bits per heavy atom. The molecule has 2 rings (SSSR count). The molecule has 1 aromatic carbocycles. The Labute approximate surface area is 117 Å². The van der Waals surface area contributed by atoms with Gasteiger partial charge in [-0.1, -0.05) is 6.92 Å². The van der Waals surface area contributed by atoms with Crippen molar-refractivity contribution >= 4 is 17.3 Å². The van der Waals surface area contributed by atoms with Crippen LogP contribution in [-0.4, -0.2) is 35.9 Å². The van der Waals surface area contributed by atoms with E-state index in [2.05, 4.69) is 12.2 Å². The maximum absolute atomic E-state index is 12.5. The maximum Gasteiger partial charge on any atom is 0.270 e. The Bertz CT molecular complexity index is 522. The molecule has 6 heteroatoms. The predicted molar refractivity (Wildman–Crippen MR) is 76.9 cm³/mol. The van der Waals surface area contributed by atoms with Gasteiger partial charge in [-0.05, 0) is 24.8 Å². The Morgan fingerprint density at radius 3 is 2.60 bits per heavy atom. The summed E-state index contributed by atoms with van der Waals surface area (Å²) in [4.78, 5) is 24.7. The number of likely N-dealkylation sites (tertiary alicyclic amines) is 1. The third kappa shape index (κ3) is 2.89. The molecule has 1 amide bonds. The van der Waals surface area contributed by atoms with E-state index in [1.807, 2.05) is 0 Å². The van der Waals surface area contributed by atoms with Crippen LogP contribution in [0.15, 0.2) is 18.2 Å². The van der Waals surface area contributed by atoms with E-state index in [9.17, 15) is 14.9 Å². The van der Waals surface area contributed by atoms with E-state index < -0.39 is 4.92 Å². The largest absolute Gasteiger partial charge is 0.387 e. The third-order valence-electron chi connectivity index (χ3n) is 3.78. The Hall–Kier alpha value is -2.11. The number of hydrogen-bond donors (Lipinski definition) is 1. The van der Waals surface area contributed by atoms with Crippen LogP contribution in [0.5, 0.6) is 0 Å². The fraction of sp³-hybridized carbons (Fsp3) is 0.500. The maximum atomic E-state index is 12.5. The second-order valence-corrected chi connectivity index (χ2v) is 5.21. The smallest absolute Gasteiger partial charge is 0.270 e. The molecule has 0 atom stereocenters. The summed E-state index contributed by atoms with van der Waals surface area (Å²) in [6.07, 6.45) is 1.96. The van der Waals surface area contributed by atoms with Crippen LogP contribution >= 0.6 is 0 Å². The van der Waals surface area contributed by atoms with Gasteiger partial charge in [0, 0.05) is 38.0 Å². The average Bonchev–Trinajstić information content (AvgIpc) is 2.46. The summed E-state index contributed by atoms with van der Waals surface area (Å²) in [6.45, 7) is 3.60. The van der Waals surface area contributed by atoms with E-state index >= 15 is 0 Å².